The summed E-state index contributed by atoms with van der Waals surface area (Å²) in [6.07, 6.45) is 1.77. The zero-order chi connectivity index (χ0) is 15.6. The molecule has 2 heterocycles. The highest BCUT2D eigenvalue weighted by Crippen LogP contribution is 2.27. The largest absolute Gasteiger partial charge is 0.465 e. The lowest BCUT2D eigenvalue weighted by Crippen LogP contribution is -2.13. The van der Waals surface area contributed by atoms with Crippen LogP contribution in [-0.2, 0) is 9.53 Å². The van der Waals surface area contributed by atoms with Gasteiger partial charge < -0.3 is 13.9 Å². The molecule has 2 aromatic heterocycles. The first-order chi connectivity index (χ1) is 9.92. The van der Waals surface area contributed by atoms with E-state index >= 15 is 0 Å². The van der Waals surface area contributed by atoms with E-state index in [1.165, 1.54) is 13.0 Å². The summed E-state index contributed by atoms with van der Waals surface area (Å²) >= 11 is 5.97. The van der Waals surface area contributed by atoms with Crippen molar-refractivity contribution in [3.05, 3.63) is 29.2 Å². The number of pyridine rings is 1. The summed E-state index contributed by atoms with van der Waals surface area (Å²) in [4.78, 5) is 16.1. The molecule has 7 heteroatoms. The van der Waals surface area contributed by atoms with E-state index in [1.807, 2.05) is 0 Å². The standard InChI is InChI=1S/C14H16ClFN2O3/c1-4-20-14(19)8(2)11-7-18-6-10(15)5-12(13(18)17-11)21-9(3)16/h5-9H,4H2,1-3H3. The highest BCUT2D eigenvalue weighted by Gasteiger charge is 2.21. The maximum Gasteiger partial charge on any atom is 0.314 e. The number of carbonyl (C=O) groups is 1. The van der Waals surface area contributed by atoms with Crippen molar-refractivity contribution >= 4 is 23.2 Å². The summed E-state index contributed by atoms with van der Waals surface area (Å²) < 4.78 is 24.7. The van der Waals surface area contributed by atoms with Gasteiger partial charge in [-0.1, -0.05) is 11.6 Å². The molecule has 2 atom stereocenters. The number of carbonyl (C=O) groups excluding carboxylic acids is 1. The van der Waals surface area contributed by atoms with Crippen LogP contribution in [0.4, 0.5) is 4.39 Å². The van der Waals surface area contributed by atoms with Crippen molar-refractivity contribution in [3.8, 4) is 5.75 Å². The van der Waals surface area contributed by atoms with Crippen LogP contribution < -0.4 is 4.74 Å². The third kappa shape index (κ3) is 3.44. The molecule has 5 nitrogen and oxygen atoms in total. The Morgan fingerprint density at radius 1 is 1.48 bits per heavy atom. The number of rotatable bonds is 5. The number of fused-ring (bicyclic) bond motifs is 1. The molecule has 0 saturated carbocycles. The summed E-state index contributed by atoms with van der Waals surface area (Å²) in [5.41, 5.74) is 0.905. The van der Waals surface area contributed by atoms with E-state index in [0.29, 0.717) is 23.0 Å². The van der Waals surface area contributed by atoms with Gasteiger partial charge in [-0.05, 0) is 13.8 Å². The summed E-state index contributed by atoms with van der Waals surface area (Å²) in [7, 11) is 0. The molecule has 0 aromatic carbocycles. The lowest BCUT2D eigenvalue weighted by molar-refractivity contribution is -0.144. The van der Waals surface area contributed by atoms with Gasteiger partial charge >= 0.3 is 5.97 Å². The van der Waals surface area contributed by atoms with E-state index in [1.54, 1.807) is 30.6 Å². The first kappa shape index (κ1) is 15.6. The summed E-state index contributed by atoms with van der Waals surface area (Å²) in [6, 6.07) is 1.48. The highest BCUT2D eigenvalue weighted by atomic mass is 35.5. The van der Waals surface area contributed by atoms with Crippen LogP contribution in [-0.4, -0.2) is 28.3 Å². The van der Waals surface area contributed by atoms with Gasteiger partial charge in [0, 0.05) is 25.4 Å². The molecule has 2 aromatic rings. The molecule has 0 saturated heterocycles. The van der Waals surface area contributed by atoms with Crippen LogP contribution in [0.15, 0.2) is 18.5 Å². The van der Waals surface area contributed by atoms with Crippen molar-refractivity contribution in [1.29, 1.82) is 0 Å². The average Bonchev–Trinajstić information content (AvgIpc) is 2.81. The number of nitrogens with zero attached hydrogens (tertiary/aromatic N) is 2. The van der Waals surface area contributed by atoms with Crippen LogP contribution >= 0.6 is 11.6 Å². The Morgan fingerprint density at radius 2 is 2.19 bits per heavy atom. The van der Waals surface area contributed by atoms with E-state index in [4.69, 9.17) is 21.1 Å². The molecule has 21 heavy (non-hydrogen) atoms. The minimum absolute atomic E-state index is 0.222. The maximum atomic E-state index is 13.1. The zero-order valence-corrected chi connectivity index (χ0v) is 12.7. The molecule has 0 bridgehead atoms. The van der Waals surface area contributed by atoms with Crippen LogP contribution in [0.1, 0.15) is 32.4 Å². The third-order valence-corrected chi connectivity index (χ3v) is 3.08. The number of alkyl halides is 1. The number of halogens is 2. The molecule has 2 rings (SSSR count). The van der Waals surface area contributed by atoms with Crippen molar-refractivity contribution in [2.45, 2.75) is 33.0 Å². The lowest BCUT2D eigenvalue weighted by Gasteiger charge is -2.08. The second-order valence-electron chi connectivity index (χ2n) is 4.55. The minimum Gasteiger partial charge on any atom is -0.465 e. The number of aromatic nitrogens is 2. The number of hydrogen-bond donors (Lipinski definition) is 0. The number of ether oxygens (including phenoxy) is 2. The molecular weight excluding hydrogens is 299 g/mol. The Kier molecular flexibility index (Phi) is 4.67. The van der Waals surface area contributed by atoms with Gasteiger partial charge in [-0.15, -0.1) is 0 Å². The van der Waals surface area contributed by atoms with Gasteiger partial charge in [0.15, 0.2) is 11.4 Å². The van der Waals surface area contributed by atoms with Crippen molar-refractivity contribution < 1.29 is 18.7 Å². The molecule has 0 aliphatic heterocycles. The van der Waals surface area contributed by atoms with E-state index in [0.717, 1.165) is 0 Å². The van der Waals surface area contributed by atoms with E-state index in [2.05, 4.69) is 4.98 Å². The van der Waals surface area contributed by atoms with Crippen LogP contribution in [0, 0.1) is 0 Å². The molecule has 0 fully saturated rings. The number of esters is 1. The van der Waals surface area contributed by atoms with Gasteiger partial charge in [0.05, 0.1) is 23.2 Å². The van der Waals surface area contributed by atoms with E-state index in [9.17, 15) is 9.18 Å². The Bertz CT molecular complexity index is 657. The number of imidazole rings is 1. The molecule has 0 spiro atoms. The van der Waals surface area contributed by atoms with Crippen molar-refractivity contribution in [2.75, 3.05) is 6.61 Å². The van der Waals surface area contributed by atoms with Crippen molar-refractivity contribution in [3.63, 3.8) is 0 Å². The second-order valence-corrected chi connectivity index (χ2v) is 4.99. The quantitative estimate of drug-likeness (QED) is 0.794. The zero-order valence-electron chi connectivity index (χ0n) is 12.0. The molecule has 114 valence electrons. The smallest absolute Gasteiger partial charge is 0.314 e. The SMILES string of the molecule is CCOC(=O)C(C)c1cn2cc(Cl)cc(OC(C)F)c2n1. The highest BCUT2D eigenvalue weighted by molar-refractivity contribution is 6.30. The molecule has 0 amide bonds. The summed E-state index contributed by atoms with van der Waals surface area (Å²) in [6.45, 7) is 5.00. The Hall–Kier alpha value is -1.82. The Labute approximate surface area is 126 Å². The molecule has 0 aliphatic carbocycles. The molecule has 0 aliphatic rings. The van der Waals surface area contributed by atoms with Gasteiger partial charge in [-0.2, -0.15) is 0 Å². The fraction of sp³-hybridized carbons (Fsp3) is 0.429. The first-order valence-electron chi connectivity index (χ1n) is 6.58. The van der Waals surface area contributed by atoms with Crippen LogP contribution in [0.25, 0.3) is 5.65 Å². The topological polar surface area (TPSA) is 52.8 Å². The van der Waals surface area contributed by atoms with E-state index < -0.39 is 12.3 Å². The van der Waals surface area contributed by atoms with Gasteiger partial charge in [0.25, 0.3) is 0 Å². The van der Waals surface area contributed by atoms with Crippen LogP contribution in [0.5, 0.6) is 5.75 Å². The molecule has 0 radical (unpaired) electrons. The maximum absolute atomic E-state index is 13.1. The third-order valence-electron chi connectivity index (χ3n) is 2.88. The Balaban J connectivity index is 2.43. The van der Waals surface area contributed by atoms with Gasteiger partial charge in [-0.3, -0.25) is 4.79 Å². The molecular formula is C14H16ClFN2O3. The fourth-order valence-corrected chi connectivity index (χ4v) is 2.12. The number of hydrogen-bond acceptors (Lipinski definition) is 4. The molecule has 0 N–H and O–H groups in total. The normalized spacial score (nSPS) is 14.0. The predicted octanol–water partition coefficient (Wildman–Crippen LogP) is 3.35. The Morgan fingerprint density at radius 3 is 2.81 bits per heavy atom. The summed E-state index contributed by atoms with van der Waals surface area (Å²) in [5.74, 6) is -0.674. The molecule has 2 unspecified atom stereocenters. The first-order valence-corrected chi connectivity index (χ1v) is 6.95. The fourth-order valence-electron chi connectivity index (χ4n) is 1.91. The minimum atomic E-state index is -1.49. The van der Waals surface area contributed by atoms with Crippen LogP contribution in [0.2, 0.25) is 5.02 Å². The van der Waals surface area contributed by atoms with E-state index in [-0.39, 0.29) is 11.7 Å². The van der Waals surface area contributed by atoms with Gasteiger partial charge in [0.2, 0.25) is 6.36 Å². The van der Waals surface area contributed by atoms with Crippen molar-refractivity contribution in [1.82, 2.24) is 9.38 Å². The average molecular weight is 315 g/mol. The summed E-state index contributed by atoms with van der Waals surface area (Å²) in [5, 5.41) is 0.380. The van der Waals surface area contributed by atoms with Gasteiger partial charge in [0.1, 0.15) is 0 Å². The van der Waals surface area contributed by atoms with Crippen molar-refractivity contribution in [2.24, 2.45) is 0 Å². The predicted molar refractivity (Wildman–Crippen MR) is 76.4 cm³/mol. The monoisotopic (exact) mass is 314 g/mol. The van der Waals surface area contributed by atoms with Gasteiger partial charge in [-0.25, -0.2) is 9.37 Å². The second kappa shape index (κ2) is 6.30. The lowest BCUT2D eigenvalue weighted by atomic mass is 10.1. The van der Waals surface area contributed by atoms with Crippen LogP contribution in [0.3, 0.4) is 0 Å².